The van der Waals surface area contributed by atoms with Gasteiger partial charge in [-0.3, -0.25) is 4.79 Å². The molecule has 114 valence electrons. The zero-order valence-corrected chi connectivity index (χ0v) is 13.8. The molecule has 0 aliphatic rings. The van der Waals surface area contributed by atoms with Gasteiger partial charge in [0.1, 0.15) is 0 Å². The number of thiazole rings is 1. The van der Waals surface area contributed by atoms with Gasteiger partial charge in [-0.15, -0.1) is 11.3 Å². The molecule has 1 aromatic rings. The lowest BCUT2D eigenvalue weighted by molar-refractivity contribution is -0.131. The van der Waals surface area contributed by atoms with Gasteiger partial charge in [0.15, 0.2) is 0 Å². The summed E-state index contributed by atoms with van der Waals surface area (Å²) in [5.74, 6) is -0.276. The van der Waals surface area contributed by atoms with Gasteiger partial charge in [-0.1, -0.05) is 0 Å². The van der Waals surface area contributed by atoms with Crippen molar-refractivity contribution >= 4 is 27.3 Å². The van der Waals surface area contributed by atoms with Crippen molar-refractivity contribution < 1.29 is 13.2 Å². The highest BCUT2D eigenvalue weighted by Crippen LogP contribution is 2.26. The van der Waals surface area contributed by atoms with Crippen LogP contribution in [0.2, 0.25) is 0 Å². The molecule has 0 saturated carbocycles. The molecule has 0 radical (unpaired) electrons. The summed E-state index contributed by atoms with van der Waals surface area (Å²) in [6, 6.07) is -0.123. The van der Waals surface area contributed by atoms with Crippen molar-refractivity contribution in [3.05, 3.63) is 15.6 Å². The average molecular weight is 319 g/mol. The minimum absolute atomic E-state index is 0.105. The third-order valence-corrected chi connectivity index (χ3v) is 4.89. The first-order chi connectivity index (χ1) is 9.11. The predicted octanol–water partition coefficient (Wildman–Crippen LogP) is 1.35. The second-order valence-corrected chi connectivity index (χ2v) is 7.97. The third kappa shape index (κ3) is 4.84. The highest BCUT2D eigenvalue weighted by Gasteiger charge is 2.21. The Morgan fingerprint density at radius 3 is 2.50 bits per heavy atom. The summed E-state index contributed by atoms with van der Waals surface area (Å²) in [7, 11) is -1.80. The minimum atomic E-state index is -3.50. The van der Waals surface area contributed by atoms with Crippen molar-refractivity contribution in [3.63, 3.8) is 0 Å². The average Bonchev–Trinajstić information content (AvgIpc) is 2.64. The van der Waals surface area contributed by atoms with Gasteiger partial charge in [0.25, 0.3) is 0 Å². The molecule has 6 nitrogen and oxygen atoms in total. The summed E-state index contributed by atoms with van der Waals surface area (Å²) in [5, 5.41) is 5.88. The summed E-state index contributed by atoms with van der Waals surface area (Å²) in [6.45, 7) is 5.83. The Labute approximate surface area is 124 Å². The topological polar surface area (TPSA) is 93.4 Å². The van der Waals surface area contributed by atoms with Gasteiger partial charge in [0.05, 0.1) is 22.5 Å². The monoisotopic (exact) mass is 319 g/mol. The van der Waals surface area contributed by atoms with Crippen LogP contribution in [0.4, 0.5) is 0 Å². The second kappa shape index (κ2) is 6.64. The molecule has 0 aliphatic heterocycles. The van der Waals surface area contributed by atoms with Crippen LogP contribution in [0.1, 0.15) is 41.4 Å². The van der Waals surface area contributed by atoms with Crippen molar-refractivity contribution in [2.75, 3.05) is 12.8 Å². The molecule has 1 atom stereocenters. The molecule has 0 fully saturated rings. The summed E-state index contributed by atoms with van der Waals surface area (Å²) in [6.07, 6.45) is 0.406. The van der Waals surface area contributed by atoms with E-state index in [2.05, 4.69) is 4.98 Å². The normalized spacial score (nSPS) is 13.2. The number of hydrogen-bond acceptors (Lipinski definition) is 5. The van der Waals surface area contributed by atoms with Crippen molar-refractivity contribution in [2.24, 2.45) is 5.14 Å². The van der Waals surface area contributed by atoms with E-state index in [4.69, 9.17) is 5.14 Å². The van der Waals surface area contributed by atoms with Crippen LogP contribution in [-0.2, 0) is 14.8 Å². The van der Waals surface area contributed by atoms with Crippen LogP contribution < -0.4 is 5.14 Å². The number of rotatable bonds is 6. The van der Waals surface area contributed by atoms with E-state index in [1.807, 2.05) is 20.8 Å². The Morgan fingerprint density at radius 2 is 2.05 bits per heavy atom. The van der Waals surface area contributed by atoms with Crippen LogP contribution >= 0.6 is 11.3 Å². The molecular formula is C12H21N3O3S2. The number of aryl methyl sites for hydroxylation is 2. The molecule has 20 heavy (non-hydrogen) atoms. The SMILES string of the molecule is Cc1nc(C(C)N(C)C(=O)CCCS(N)(=O)=O)c(C)s1. The van der Waals surface area contributed by atoms with Gasteiger partial charge in [-0.25, -0.2) is 18.5 Å². The Balaban J connectivity index is 2.62. The van der Waals surface area contributed by atoms with E-state index < -0.39 is 10.0 Å². The minimum Gasteiger partial charge on any atom is -0.337 e. The summed E-state index contributed by atoms with van der Waals surface area (Å²) in [4.78, 5) is 19.2. The number of nitrogens with zero attached hydrogens (tertiary/aromatic N) is 2. The maximum absolute atomic E-state index is 12.0. The Kier molecular flexibility index (Phi) is 5.67. The van der Waals surface area contributed by atoms with Crippen LogP contribution in [0.25, 0.3) is 0 Å². The maximum atomic E-state index is 12.0. The molecular weight excluding hydrogens is 298 g/mol. The number of primary sulfonamides is 1. The lowest BCUT2D eigenvalue weighted by Gasteiger charge is -2.24. The zero-order valence-electron chi connectivity index (χ0n) is 12.2. The molecule has 1 heterocycles. The number of sulfonamides is 1. The fourth-order valence-electron chi connectivity index (χ4n) is 1.93. The standard InChI is InChI=1S/C12H21N3O3S2/c1-8(12-9(2)19-10(3)14-12)15(4)11(16)6-5-7-20(13,17)18/h8H,5-7H2,1-4H3,(H2,13,17,18). The highest BCUT2D eigenvalue weighted by molar-refractivity contribution is 7.89. The van der Waals surface area contributed by atoms with Crippen molar-refractivity contribution in [1.29, 1.82) is 0 Å². The van der Waals surface area contributed by atoms with E-state index in [0.717, 1.165) is 15.6 Å². The van der Waals surface area contributed by atoms with Gasteiger partial charge in [0.2, 0.25) is 15.9 Å². The lowest BCUT2D eigenvalue weighted by atomic mass is 10.1. The van der Waals surface area contributed by atoms with E-state index in [0.29, 0.717) is 0 Å². The largest absolute Gasteiger partial charge is 0.337 e. The van der Waals surface area contributed by atoms with Gasteiger partial charge in [-0.2, -0.15) is 0 Å². The van der Waals surface area contributed by atoms with Crippen LogP contribution in [0.15, 0.2) is 0 Å². The smallest absolute Gasteiger partial charge is 0.222 e. The first-order valence-electron chi connectivity index (χ1n) is 6.32. The predicted molar refractivity (Wildman–Crippen MR) is 80.0 cm³/mol. The second-order valence-electron chi connectivity index (χ2n) is 4.83. The maximum Gasteiger partial charge on any atom is 0.222 e. The van der Waals surface area contributed by atoms with E-state index in [1.165, 1.54) is 0 Å². The number of nitrogens with two attached hydrogens (primary N) is 1. The summed E-state index contributed by atoms with van der Waals surface area (Å²) < 4.78 is 21.7. The first kappa shape index (κ1) is 17.1. The van der Waals surface area contributed by atoms with Gasteiger partial charge in [-0.05, 0) is 27.2 Å². The van der Waals surface area contributed by atoms with Crippen LogP contribution in [-0.4, -0.2) is 37.0 Å². The van der Waals surface area contributed by atoms with E-state index >= 15 is 0 Å². The molecule has 0 aromatic carbocycles. The Bertz CT molecular complexity index is 581. The van der Waals surface area contributed by atoms with Crippen LogP contribution in [0.3, 0.4) is 0 Å². The third-order valence-electron chi connectivity index (χ3n) is 3.13. The number of carbonyl (C=O) groups is 1. The van der Waals surface area contributed by atoms with Crippen LogP contribution in [0.5, 0.6) is 0 Å². The Morgan fingerprint density at radius 1 is 1.45 bits per heavy atom. The summed E-state index contributed by atoms with van der Waals surface area (Å²) in [5.41, 5.74) is 0.898. The zero-order chi connectivity index (χ0) is 15.5. The molecule has 1 rings (SSSR count). The number of amides is 1. The first-order valence-corrected chi connectivity index (χ1v) is 8.85. The molecule has 0 saturated heterocycles. The van der Waals surface area contributed by atoms with E-state index in [1.54, 1.807) is 23.3 Å². The van der Waals surface area contributed by atoms with Crippen molar-refractivity contribution in [1.82, 2.24) is 9.88 Å². The van der Waals surface area contributed by atoms with Crippen molar-refractivity contribution in [3.8, 4) is 0 Å². The fraction of sp³-hybridized carbons (Fsp3) is 0.667. The molecule has 1 unspecified atom stereocenters. The molecule has 0 aliphatic carbocycles. The number of aromatic nitrogens is 1. The van der Waals surface area contributed by atoms with E-state index in [9.17, 15) is 13.2 Å². The molecule has 8 heteroatoms. The highest BCUT2D eigenvalue weighted by atomic mass is 32.2. The summed E-state index contributed by atoms with van der Waals surface area (Å²) >= 11 is 1.60. The molecule has 1 aromatic heterocycles. The fourth-order valence-corrected chi connectivity index (χ4v) is 3.39. The van der Waals surface area contributed by atoms with Gasteiger partial charge < -0.3 is 4.90 Å². The molecule has 2 N–H and O–H groups in total. The molecule has 1 amide bonds. The number of carbonyl (C=O) groups excluding carboxylic acids is 1. The lowest BCUT2D eigenvalue weighted by Crippen LogP contribution is -2.30. The van der Waals surface area contributed by atoms with E-state index in [-0.39, 0.29) is 30.5 Å². The number of hydrogen-bond donors (Lipinski definition) is 1. The van der Waals surface area contributed by atoms with Gasteiger partial charge in [0, 0.05) is 18.3 Å². The van der Waals surface area contributed by atoms with Gasteiger partial charge >= 0.3 is 0 Å². The quantitative estimate of drug-likeness (QED) is 0.856. The Hall–Kier alpha value is -0.990. The molecule has 0 spiro atoms. The molecule has 0 bridgehead atoms. The van der Waals surface area contributed by atoms with Crippen LogP contribution in [0, 0.1) is 13.8 Å². The van der Waals surface area contributed by atoms with Crippen molar-refractivity contribution in [2.45, 2.75) is 39.7 Å².